The largest absolute Gasteiger partial charge is 0.494 e. The lowest BCUT2D eigenvalue weighted by Gasteiger charge is -2.32. The standard InChI is InChI=1S/C25H23BN2O3S/c1-24(2)25(3,4)31-26(30-24)18-8-5-16(6-9-18)15-29-19-10-11-20-17(13-19)7-12-21-23(20)32-22(14-27)28-21/h5-13H,15H2,1-4H3. The smallest absolute Gasteiger partial charge is 0.489 e. The van der Waals surface area contributed by atoms with Gasteiger partial charge in [-0.15, -0.1) is 11.3 Å². The zero-order valence-electron chi connectivity index (χ0n) is 18.5. The summed E-state index contributed by atoms with van der Waals surface area (Å²) in [5.74, 6) is 0.803. The first kappa shape index (κ1) is 21.0. The lowest BCUT2D eigenvalue weighted by molar-refractivity contribution is 0.00578. The van der Waals surface area contributed by atoms with Gasteiger partial charge in [0, 0.05) is 5.39 Å². The number of hydrogen-bond acceptors (Lipinski definition) is 6. The fourth-order valence-corrected chi connectivity index (χ4v) is 4.64. The molecule has 1 aromatic heterocycles. The molecule has 32 heavy (non-hydrogen) atoms. The van der Waals surface area contributed by atoms with Gasteiger partial charge in [-0.05, 0) is 68.4 Å². The molecule has 0 spiro atoms. The number of aromatic nitrogens is 1. The van der Waals surface area contributed by atoms with Crippen molar-refractivity contribution in [2.24, 2.45) is 0 Å². The van der Waals surface area contributed by atoms with Gasteiger partial charge in [0.15, 0.2) is 5.01 Å². The Morgan fingerprint density at radius 2 is 1.72 bits per heavy atom. The first-order chi connectivity index (χ1) is 15.3. The topological polar surface area (TPSA) is 64.4 Å². The van der Waals surface area contributed by atoms with Crippen LogP contribution in [-0.2, 0) is 15.9 Å². The molecular weight excluding hydrogens is 419 g/mol. The SMILES string of the molecule is CC1(C)OB(c2ccc(COc3ccc4c(ccc5nc(C#N)sc54)c3)cc2)OC1(C)C. The van der Waals surface area contributed by atoms with Gasteiger partial charge in [-0.1, -0.05) is 30.3 Å². The number of nitrogens with zero attached hydrogens (tertiary/aromatic N) is 2. The average molecular weight is 442 g/mol. The van der Waals surface area contributed by atoms with Crippen LogP contribution in [0.1, 0.15) is 38.3 Å². The van der Waals surface area contributed by atoms with E-state index in [4.69, 9.17) is 19.3 Å². The molecule has 1 aliphatic heterocycles. The molecule has 0 N–H and O–H groups in total. The quantitative estimate of drug-likeness (QED) is 0.407. The second-order valence-corrected chi connectivity index (χ2v) is 10.0. The van der Waals surface area contributed by atoms with Crippen molar-refractivity contribution in [2.45, 2.75) is 45.5 Å². The molecule has 0 radical (unpaired) electrons. The first-order valence-electron chi connectivity index (χ1n) is 10.6. The van der Waals surface area contributed by atoms with Gasteiger partial charge in [0.2, 0.25) is 0 Å². The first-order valence-corrected chi connectivity index (χ1v) is 11.4. The Labute approximate surface area is 191 Å². The van der Waals surface area contributed by atoms with E-state index in [0.29, 0.717) is 11.6 Å². The van der Waals surface area contributed by atoms with Crippen LogP contribution < -0.4 is 10.2 Å². The van der Waals surface area contributed by atoms with Crippen molar-refractivity contribution in [3.63, 3.8) is 0 Å². The van der Waals surface area contributed by atoms with Crippen LogP contribution in [0.3, 0.4) is 0 Å². The molecule has 0 amide bonds. The second-order valence-electron chi connectivity index (χ2n) is 9.05. The van der Waals surface area contributed by atoms with Gasteiger partial charge in [0.25, 0.3) is 0 Å². The minimum absolute atomic E-state index is 0.351. The summed E-state index contributed by atoms with van der Waals surface area (Å²) in [5, 5.41) is 11.8. The molecule has 0 bridgehead atoms. The molecular formula is C25H23BN2O3S. The molecule has 5 rings (SSSR count). The molecule has 1 fully saturated rings. The zero-order chi connectivity index (χ0) is 22.5. The van der Waals surface area contributed by atoms with Crippen LogP contribution in [0, 0.1) is 11.3 Å². The molecule has 0 atom stereocenters. The lowest BCUT2D eigenvalue weighted by atomic mass is 9.79. The van der Waals surface area contributed by atoms with Crippen molar-refractivity contribution in [1.82, 2.24) is 4.98 Å². The minimum Gasteiger partial charge on any atom is -0.489 e. The summed E-state index contributed by atoms with van der Waals surface area (Å²) in [5.41, 5.74) is 2.23. The van der Waals surface area contributed by atoms with E-state index in [-0.39, 0.29) is 18.3 Å². The van der Waals surface area contributed by atoms with Gasteiger partial charge < -0.3 is 14.0 Å². The highest BCUT2D eigenvalue weighted by molar-refractivity contribution is 7.20. The molecule has 3 aromatic carbocycles. The summed E-state index contributed by atoms with van der Waals surface area (Å²) in [7, 11) is -0.361. The van der Waals surface area contributed by atoms with Crippen molar-refractivity contribution in [2.75, 3.05) is 0 Å². The Bertz CT molecular complexity index is 1340. The van der Waals surface area contributed by atoms with Crippen molar-refractivity contribution >= 4 is 44.9 Å². The second kappa shape index (κ2) is 7.59. The van der Waals surface area contributed by atoms with Crippen molar-refractivity contribution in [1.29, 1.82) is 5.26 Å². The van der Waals surface area contributed by atoms with E-state index >= 15 is 0 Å². The van der Waals surface area contributed by atoms with Gasteiger partial charge in [-0.2, -0.15) is 5.26 Å². The van der Waals surface area contributed by atoms with Gasteiger partial charge in [-0.25, -0.2) is 4.98 Å². The Morgan fingerprint density at radius 1 is 1.00 bits per heavy atom. The summed E-state index contributed by atoms with van der Waals surface area (Å²) in [6.07, 6.45) is 0. The van der Waals surface area contributed by atoms with Crippen molar-refractivity contribution in [3.8, 4) is 11.8 Å². The molecule has 7 heteroatoms. The Morgan fingerprint density at radius 3 is 2.41 bits per heavy atom. The monoisotopic (exact) mass is 442 g/mol. The van der Waals surface area contributed by atoms with Crippen LogP contribution in [0.25, 0.3) is 21.0 Å². The van der Waals surface area contributed by atoms with E-state index in [1.54, 1.807) is 0 Å². The highest BCUT2D eigenvalue weighted by atomic mass is 32.1. The fourth-order valence-electron chi connectivity index (χ4n) is 3.75. The highest BCUT2D eigenvalue weighted by Gasteiger charge is 2.51. The number of rotatable bonds is 4. The molecule has 0 unspecified atom stereocenters. The maximum atomic E-state index is 9.12. The van der Waals surface area contributed by atoms with Crippen LogP contribution in [0.5, 0.6) is 5.75 Å². The number of nitriles is 1. The maximum Gasteiger partial charge on any atom is 0.494 e. The van der Waals surface area contributed by atoms with E-state index in [1.807, 2.05) is 54.6 Å². The Kier molecular flexibility index (Phi) is 4.97. The van der Waals surface area contributed by atoms with Crippen LogP contribution in [-0.4, -0.2) is 23.3 Å². The van der Waals surface area contributed by atoms with E-state index < -0.39 is 0 Å². The average Bonchev–Trinajstić information content (AvgIpc) is 3.29. The third kappa shape index (κ3) is 3.65. The third-order valence-corrected chi connectivity index (χ3v) is 7.36. The Hall–Kier alpha value is -2.92. The minimum atomic E-state index is -0.361. The highest BCUT2D eigenvalue weighted by Crippen LogP contribution is 2.36. The number of benzene rings is 3. The number of ether oxygens (including phenoxy) is 1. The van der Waals surface area contributed by atoms with Gasteiger partial charge in [0.05, 0.1) is 21.4 Å². The van der Waals surface area contributed by atoms with Crippen molar-refractivity contribution in [3.05, 3.63) is 65.2 Å². The van der Waals surface area contributed by atoms with Gasteiger partial charge in [0.1, 0.15) is 18.4 Å². The molecule has 160 valence electrons. The van der Waals surface area contributed by atoms with E-state index in [1.165, 1.54) is 11.3 Å². The Balaban J connectivity index is 1.29. The molecule has 1 aliphatic rings. The summed E-state index contributed by atoms with van der Waals surface area (Å²) in [4.78, 5) is 4.34. The molecule has 0 saturated carbocycles. The number of thiazole rings is 1. The van der Waals surface area contributed by atoms with E-state index in [0.717, 1.165) is 37.8 Å². The summed E-state index contributed by atoms with van der Waals surface area (Å²) in [6, 6.07) is 20.3. The summed E-state index contributed by atoms with van der Waals surface area (Å²) >= 11 is 1.42. The van der Waals surface area contributed by atoms with Crippen LogP contribution in [0.4, 0.5) is 0 Å². The predicted molar refractivity (Wildman–Crippen MR) is 128 cm³/mol. The summed E-state index contributed by atoms with van der Waals surface area (Å²) < 4.78 is 19.3. The van der Waals surface area contributed by atoms with E-state index in [2.05, 4.69) is 38.7 Å². The molecule has 4 aromatic rings. The number of fused-ring (bicyclic) bond motifs is 3. The normalized spacial score (nSPS) is 17.0. The molecule has 1 saturated heterocycles. The number of hydrogen-bond donors (Lipinski definition) is 0. The van der Waals surface area contributed by atoms with Crippen molar-refractivity contribution < 1.29 is 14.0 Å². The van der Waals surface area contributed by atoms with Crippen LogP contribution in [0.2, 0.25) is 0 Å². The molecule has 2 heterocycles. The predicted octanol–water partition coefficient (Wildman–Crippen LogP) is 5.20. The molecule has 0 aliphatic carbocycles. The maximum absolute atomic E-state index is 9.12. The third-order valence-electron chi connectivity index (χ3n) is 6.35. The van der Waals surface area contributed by atoms with Crippen LogP contribution >= 0.6 is 11.3 Å². The van der Waals surface area contributed by atoms with Crippen LogP contribution in [0.15, 0.2) is 54.6 Å². The van der Waals surface area contributed by atoms with Gasteiger partial charge in [-0.3, -0.25) is 0 Å². The lowest BCUT2D eigenvalue weighted by Crippen LogP contribution is -2.41. The van der Waals surface area contributed by atoms with E-state index in [9.17, 15) is 0 Å². The molecule has 5 nitrogen and oxygen atoms in total. The fraction of sp³-hybridized carbons (Fsp3) is 0.280. The summed E-state index contributed by atoms with van der Waals surface area (Å²) in [6.45, 7) is 8.70. The van der Waals surface area contributed by atoms with Gasteiger partial charge >= 0.3 is 7.12 Å². The zero-order valence-corrected chi connectivity index (χ0v) is 19.3.